The molecule has 0 atom stereocenters. The summed E-state index contributed by atoms with van der Waals surface area (Å²) in [5.74, 6) is -0.114. The van der Waals surface area contributed by atoms with Crippen LogP contribution in [0.2, 0.25) is 0 Å². The molecule has 5 aromatic rings. The lowest BCUT2D eigenvalue weighted by Gasteiger charge is -2.10. The van der Waals surface area contributed by atoms with E-state index in [0.29, 0.717) is 35.1 Å². The van der Waals surface area contributed by atoms with Crippen LogP contribution >= 0.6 is 0 Å². The molecule has 0 saturated carbocycles. The third-order valence-electron chi connectivity index (χ3n) is 5.88. The highest BCUT2D eigenvalue weighted by atomic mass is 16.2. The van der Waals surface area contributed by atoms with Gasteiger partial charge in [-0.05, 0) is 74.8 Å². The number of carbonyl (C=O) groups excluding carboxylic acids is 2. The Kier molecular flexibility index (Phi) is 7.89. The van der Waals surface area contributed by atoms with E-state index in [1.807, 2.05) is 55.5 Å². The number of amides is 2. The number of aromatic nitrogens is 4. The number of aromatic amines is 1. The fourth-order valence-corrected chi connectivity index (χ4v) is 3.98. The minimum atomic E-state index is -0.290. The van der Waals surface area contributed by atoms with Crippen LogP contribution in [-0.4, -0.2) is 57.3 Å². The van der Waals surface area contributed by atoms with Gasteiger partial charge in [0.1, 0.15) is 5.65 Å². The highest BCUT2D eigenvalue weighted by Crippen LogP contribution is 2.27. The monoisotopic (exact) mass is 532 g/mol. The molecule has 0 aliphatic heterocycles. The van der Waals surface area contributed by atoms with Crippen LogP contribution in [0.3, 0.4) is 0 Å². The molecule has 0 unspecified atom stereocenters. The number of nitrogens with one attached hydrogen (secondary N) is 4. The number of carbonyl (C=O) groups is 2. The Morgan fingerprint density at radius 2 is 1.75 bits per heavy atom. The van der Waals surface area contributed by atoms with Gasteiger partial charge in [-0.1, -0.05) is 12.1 Å². The summed E-state index contributed by atoms with van der Waals surface area (Å²) >= 11 is 0. The van der Waals surface area contributed by atoms with Crippen molar-refractivity contribution in [3.8, 4) is 11.3 Å². The molecule has 0 bridgehead atoms. The summed E-state index contributed by atoms with van der Waals surface area (Å²) in [6.45, 7) is 0.658. The standard InChI is InChI=1S/C30H28N8O2/c1-38(2)17-5-9-26(39)33-24-8-3-6-20(18-24)29(40)34-22-10-12-23(13-11-22)35-30-36-27(21-7-4-15-31-19-21)25-14-16-32-28(25)37-30/h3-16,18-19H,17H2,1-2H3,(H,33,39)(H,34,40)(H2,32,35,36,37). The highest BCUT2D eigenvalue weighted by Gasteiger charge is 2.12. The highest BCUT2D eigenvalue weighted by molar-refractivity contribution is 6.06. The number of anilines is 4. The second kappa shape index (κ2) is 12.0. The summed E-state index contributed by atoms with van der Waals surface area (Å²) in [6.07, 6.45) is 8.56. The molecule has 10 heteroatoms. The summed E-state index contributed by atoms with van der Waals surface area (Å²) in [4.78, 5) is 43.6. The molecule has 0 spiro atoms. The first-order valence-corrected chi connectivity index (χ1v) is 12.6. The van der Waals surface area contributed by atoms with E-state index in [-0.39, 0.29) is 11.8 Å². The van der Waals surface area contributed by atoms with Crippen LogP contribution in [0.15, 0.2) is 97.5 Å². The lowest BCUT2D eigenvalue weighted by Crippen LogP contribution is -2.14. The summed E-state index contributed by atoms with van der Waals surface area (Å²) < 4.78 is 0. The molecular formula is C30H28N8O2. The van der Waals surface area contributed by atoms with Gasteiger partial charge < -0.3 is 25.8 Å². The third-order valence-corrected chi connectivity index (χ3v) is 5.88. The number of hydrogen-bond acceptors (Lipinski definition) is 7. The summed E-state index contributed by atoms with van der Waals surface area (Å²) in [5, 5.41) is 9.80. The lowest BCUT2D eigenvalue weighted by molar-refractivity contribution is -0.111. The number of rotatable bonds is 9. The largest absolute Gasteiger partial charge is 0.346 e. The fraction of sp³-hybridized carbons (Fsp3) is 0.100. The predicted molar refractivity (Wildman–Crippen MR) is 158 cm³/mol. The van der Waals surface area contributed by atoms with E-state index >= 15 is 0 Å². The Hall–Kier alpha value is -5.35. The summed E-state index contributed by atoms with van der Waals surface area (Å²) in [5.41, 5.74) is 4.71. The van der Waals surface area contributed by atoms with Gasteiger partial charge in [0.2, 0.25) is 11.9 Å². The lowest BCUT2D eigenvalue weighted by atomic mass is 10.1. The van der Waals surface area contributed by atoms with Gasteiger partial charge in [0.25, 0.3) is 5.91 Å². The van der Waals surface area contributed by atoms with Crippen molar-refractivity contribution in [3.63, 3.8) is 0 Å². The van der Waals surface area contributed by atoms with Crippen molar-refractivity contribution in [3.05, 3.63) is 103 Å². The molecule has 2 aromatic carbocycles. The number of fused-ring (bicyclic) bond motifs is 1. The molecule has 0 aliphatic rings. The zero-order valence-electron chi connectivity index (χ0n) is 22.1. The molecule has 200 valence electrons. The zero-order valence-corrected chi connectivity index (χ0v) is 22.1. The maximum atomic E-state index is 12.9. The number of likely N-dealkylation sites (N-methyl/N-ethyl adjacent to an activating group) is 1. The van der Waals surface area contributed by atoms with Crippen molar-refractivity contribution >= 4 is 45.9 Å². The van der Waals surface area contributed by atoms with Crippen molar-refractivity contribution in [1.82, 2.24) is 24.8 Å². The smallest absolute Gasteiger partial charge is 0.255 e. The van der Waals surface area contributed by atoms with Crippen LogP contribution in [0.5, 0.6) is 0 Å². The van der Waals surface area contributed by atoms with Crippen LogP contribution in [-0.2, 0) is 4.79 Å². The molecule has 40 heavy (non-hydrogen) atoms. The van der Waals surface area contributed by atoms with Gasteiger partial charge in [-0.2, -0.15) is 4.98 Å². The Labute approximate surface area is 231 Å². The molecule has 4 N–H and O–H groups in total. The Morgan fingerprint density at radius 1 is 0.925 bits per heavy atom. The normalized spacial score (nSPS) is 11.2. The first-order chi connectivity index (χ1) is 19.4. The number of H-pyrrole nitrogens is 1. The van der Waals surface area contributed by atoms with Crippen molar-refractivity contribution < 1.29 is 9.59 Å². The first kappa shape index (κ1) is 26.3. The molecule has 0 saturated heterocycles. The van der Waals surface area contributed by atoms with Gasteiger partial charge in [0.05, 0.1) is 5.69 Å². The molecule has 5 rings (SSSR count). The van der Waals surface area contributed by atoms with E-state index in [0.717, 1.165) is 22.3 Å². The topological polar surface area (TPSA) is 128 Å². The van der Waals surface area contributed by atoms with Gasteiger partial charge in [0, 0.05) is 64.8 Å². The molecule has 2 amide bonds. The Bertz CT molecular complexity index is 1660. The van der Waals surface area contributed by atoms with Crippen LogP contribution in [0.4, 0.5) is 23.0 Å². The molecule has 0 aliphatic carbocycles. The Morgan fingerprint density at radius 3 is 2.52 bits per heavy atom. The van der Waals surface area contributed by atoms with Crippen LogP contribution in [0.1, 0.15) is 10.4 Å². The van der Waals surface area contributed by atoms with Gasteiger partial charge in [-0.3, -0.25) is 14.6 Å². The molecular weight excluding hydrogens is 504 g/mol. The average Bonchev–Trinajstić information content (AvgIpc) is 3.43. The summed E-state index contributed by atoms with van der Waals surface area (Å²) in [6, 6.07) is 19.8. The van der Waals surface area contributed by atoms with E-state index in [2.05, 4.69) is 30.9 Å². The molecule has 0 radical (unpaired) electrons. The van der Waals surface area contributed by atoms with E-state index in [9.17, 15) is 9.59 Å². The first-order valence-electron chi connectivity index (χ1n) is 12.6. The van der Waals surface area contributed by atoms with E-state index in [4.69, 9.17) is 4.98 Å². The molecule has 0 fully saturated rings. The maximum Gasteiger partial charge on any atom is 0.255 e. The molecule has 3 aromatic heterocycles. The van der Waals surface area contributed by atoms with Gasteiger partial charge >= 0.3 is 0 Å². The number of pyridine rings is 1. The van der Waals surface area contributed by atoms with Crippen molar-refractivity contribution in [1.29, 1.82) is 0 Å². The minimum Gasteiger partial charge on any atom is -0.346 e. The summed E-state index contributed by atoms with van der Waals surface area (Å²) in [7, 11) is 3.85. The van der Waals surface area contributed by atoms with Crippen molar-refractivity contribution in [2.75, 3.05) is 36.6 Å². The third kappa shape index (κ3) is 6.55. The molecule has 10 nitrogen and oxygen atoms in total. The van der Waals surface area contributed by atoms with Crippen LogP contribution in [0, 0.1) is 0 Å². The van der Waals surface area contributed by atoms with Gasteiger partial charge in [-0.15, -0.1) is 0 Å². The number of nitrogens with zero attached hydrogens (tertiary/aromatic N) is 4. The number of benzene rings is 2. The van der Waals surface area contributed by atoms with Crippen molar-refractivity contribution in [2.24, 2.45) is 0 Å². The minimum absolute atomic E-state index is 0.255. The fourth-order valence-electron chi connectivity index (χ4n) is 3.98. The zero-order chi connectivity index (χ0) is 27.9. The van der Waals surface area contributed by atoms with Crippen molar-refractivity contribution in [2.45, 2.75) is 0 Å². The van der Waals surface area contributed by atoms with Gasteiger partial charge in [-0.25, -0.2) is 4.98 Å². The maximum absolute atomic E-state index is 12.9. The quantitative estimate of drug-likeness (QED) is 0.195. The average molecular weight is 533 g/mol. The Balaban J connectivity index is 1.24. The van der Waals surface area contributed by atoms with E-state index in [1.165, 1.54) is 6.08 Å². The van der Waals surface area contributed by atoms with E-state index < -0.39 is 0 Å². The van der Waals surface area contributed by atoms with Gasteiger partial charge in [0.15, 0.2) is 0 Å². The second-order valence-corrected chi connectivity index (χ2v) is 9.27. The van der Waals surface area contributed by atoms with Crippen LogP contribution in [0.25, 0.3) is 22.3 Å². The SMILES string of the molecule is CN(C)CC=CC(=O)Nc1cccc(C(=O)Nc2ccc(Nc3nc(-c4cccnc4)c4cc[nH]c4n3)cc2)c1. The predicted octanol–water partition coefficient (Wildman–Crippen LogP) is 5.07. The molecule has 3 heterocycles. The second-order valence-electron chi connectivity index (χ2n) is 9.27. The number of hydrogen-bond donors (Lipinski definition) is 4. The van der Waals surface area contributed by atoms with Crippen LogP contribution < -0.4 is 16.0 Å². The van der Waals surface area contributed by atoms with E-state index in [1.54, 1.807) is 54.9 Å².